The summed E-state index contributed by atoms with van der Waals surface area (Å²) in [4.78, 5) is 11.8. The summed E-state index contributed by atoms with van der Waals surface area (Å²) >= 11 is 0. The Bertz CT molecular complexity index is 409. The van der Waals surface area contributed by atoms with Crippen molar-refractivity contribution in [1.29, 1.82) is 0 Å². The minimum atomic E-state index is -0.484. The average molecular weight is 281 g/mol. The number of hydrogen-bond acceptors (Lipinski definition) is 5. The second-order valence-corrected chi connectivity index (χ2v) is 4.25. The molecule has 2 N–H and O–H groups in total. The molecule has 1 unspecified atom stereocenters. The molecule has 0 radical (unpaired) electrons. The van der Waals surface area contributed by atoms with Gasteiger partial charge in [0, 0.05) is 6.61 Å². The van der Waals surface area contributed by atoms with Crippen LogP contribution in [0.3, 0.4) is 0 Å². The van der Waals surface area contributed by atoms with Gasteiger partial charge in [0.05, 0.1) is 6.61 Å². The van der Waals surface area contributed by atoms with Gasteiger partial charge in [-0.05, 0) is 31.5 Å². The third kappa shape index (κ3) is 5.19. The number of carbonyl (C=O) groups is 1. The number of ether oxygens (including phenoxy) is 2. The highest BCUT2D eigenvalue weighted by Gasteiger charge is 2.19. The molecule has 5 heteroatoms. The number of benzene rings is 1. The zero-order chi connectivity index (χ0) is 14.8. The van der Waals surface area contributed by atoms with Crippen molar-refractivity contribution in [1.82, 2.24) is 5.32 Å². The molecule has 5 nitrogen and oxygen atoms in total. The second-order valence-electron chi connectivity index (χ2n) is 4.25. The predicted octanol–water partition coefficient (Wildman–Crippen LogP) is 1.14. The van der Waals surface area contributed by atoms with E-state index < -0.39 is 6.04 Å². The molecule has 1 rings (SSSR count). The van der Waals surface area contributed by atoms with Crippen LogP contribution in [0.2, 0.25) is 0 Å². The SMILES string of the molecule is CCNC(COc1ccccc1CCO)C(=O)OCC. The summed E-state index contributed by atoms with van der Waals surface area (Å²) in [6.45, 7) is 4.97. The maximum Gasteiger partial charge on any atom is 0.326 e. The summed E-state index contributed by atoms with van der Waals surface area (Å²) in [6, 6.07) is 7.01. The standard InChI is InChI=1S/C15H23NO4/c1-3-16-13(15(18)19-4-2)11-20-14-8-6-5-7-12(14)9-10-17/h5-8,13,16-17H,3-4,9-11H2,1-2H3. The molecule has 0 amide bonds. The van der Waals surface area contributed by atoms with Crippen LogP contribution < -0.4 is 10.1 Å². The first-order valence-corrected chi connectivity index (χ1v) is 6.94. The van der Waals surface area contributed by atoms with Gasteiger partial charge in [0.2, 0.25) is 0 Å². The topological polar surface area (TPSA) is 67.8 Å². The molecule has 0 bridgehead atoms. The van der Waals surface area contributed by atoms with Gasteiger partial charge in [0.1, 0.15) is 18.4 Å². The lowest BCUT2D eigenvalue weighted by atomic mass is 10.1. The number of rotatable bonds is 9. The number of aliphatic hydroxyl groups excluding tert-OH is 1. The van der Waals surface area contributed by atoms with E-state index in [0.29, 0.717) is 25.3 Å². The van der Waals surface area contributed by atoms with Crippen LogP contribution in [0.1, 0.15) is 19.4 Å². The minimum absolute atomic E-state index is 0.0644. The van der Waals surface area contributed by atoms with E-state index in [1.54, 1.807) is 6.92 Å². The lowest BCUT2D eigenvalue weighted by Crippen LogP contribution is -2.42. The number of hydrogen-bond donors (Lipinski definition) is 2. The third-order valence-corrected chi connectivity index (χ3v) is 2.78. The molecule has 0 aliphatic heterocycles. The smallest absolute Gasteiger partial charge is 0.326 e. The minimum Gasteiger partial charge on any atom is -0.491 e. The highest BCUT2D eigenvalue weighted by Crippen LogP contribution is 2.18. The molecule has 1 aromatic rings. The van der Waals surface area contributed by atoms with Gasteiger partial charge in [-0.2, -0.15) is 0 Å². The van der Waals surface area contributed by atoms with Crippen molar-refractivity contribution < 1.29 is 19.4 Å². The maximum atomic E-state index is 11.8. The lowest BCUT2D eigenvalue weighted by molar-refractivity contribution is -0.146. The predicted molar refractivity (Wildman–Crippen MR) is 76.8 cm³/mol. The Kier molecular flexibility index (Phi) is 7.69. The molecule has 0 heterocycles. The van der Waals surface area contributed by atoms with Crippen LogP contribution in [0, 0.1) is 0 Å². The van der Waals surface area contributed by atoms with E-state index in [2.05, 4.69) is 5.32 Å². The van der Waals surface area contributed by atoms with E-state index in [0.717, 1.165) is 5.56 Å². The van der Waals surface area contributed by atoms with Crippen LogP contribution in [-0.2, 0) is 16.0 Å². The molecular weight excluding hydrogens is 258 g/mol. The van der Waals surface area contributed by atoms with Crippen molar-refractivity contribution in [2.75, 3.05) is 26.4 Å². The molecule has 112 valence electrons. The highest BCUT2D eigenvalue weighted by molar-refractivity contribution is 5.76. The fourth-order valence-electron chi connectivity index (χ4n) is 1.84. The van der Waals surface area contributed by atoms with Crippen LogP contribution in [-0.4, -0.2) is 43.5 Å². The summed E-state index contributed by atoms with van der Waals surface area (Å²) in [5.74, 6) is 0.378. The monoisotopic (exact) mass is 281 g/mol. The summed E-state index contributed by atoms with van der Waals surface area (Å²) in [6.07, 6.45) is 0.529. The fraction of sp³-hybridized carbons (Fsp3) is 0.533. The van der Waals surface area contributed by atoms with Crippen LogP contribution in [0.15, 0.2) is 24.3 Å². The fourth-order valence-corrected chi connectivity index (χ4v) is 1.84. The van der Waals surface area contributed by atoms with E-state index in [1.807, 2.05) is 31.2 Å². The highest BCUT2D eigenvalue weighted by atomic mass is 16.5. The normalized spacial score (nSPS) is 11.9. The van der Waals surface area contributed by atoms with Crippen LogP contribution >= 0.6 is 0 Å². The van der Waals surface area contributed by atoms with Crippen LogP contribution in [0.25, 0.3) is 0 Å². The van der Waals surface area contributed by atoms with Gasteiger partial charge in [-0.1, -0.05) is 25.1 Å². The molecule has 1 aromatic carbocycles. The number of nitrogens with one attached hydrogen (secondary N) is 1. The second kappa shape index (κ2) is 9.34. The summed E-state index contributed by atoms with van der Waals surface area (Å²) < 4.78 is 10.7. The first kappa shape index (κ1) is 16.5. The molecule has 0 aromatic heterocycles. The number of para-hydroxylation sites is 1. The molecular formula is C15H23NO4. The van der Waals surface area contributed by atoms with E-state index in [-0.39, 0.29) is 19.2 Å². The Labute approximate surface area is 119 Å². The van der Waals surface area contributed by atoms with Gasteiger partial charge in [-0.15, -0.1) is 0 Å². The first-order valence-electron chi connectivity index (χ1n) is 6.94. The third-order valence-electron chi connectivity index (χ3n) is 2.78. The largest absolute Gasteiger partial charge is 0.491 e. The Morgan fingerprint density at radius 2 is 2.10 bits per heavy atom. The number of carbonyl (C=O) groups excluding carboxylic acids is 1. The van der Waals surface area contributed by atoms with Gasteiger partial charge in [0.15, 0.2) is 0 Å². The van der Waals surface area contributed by atoms with Crippen molar-refractivity contribution in [3.8, 4) is 5.75 Å². The van der Waals surface area contributed by atoms with Gasteiger partial charge < -0.3 is 19.9 Å². The zero-order valence-electron chi connectivity index (χ0n) is 12.1. The molecule has 20 heavy (non-hydrogen) atoms. The van der Waals surface area contributed by atoms with E-state index in [1.165, 1.54) is 0 Å². The number of aliphatic hydroxyl groups is 1. The van der Waals surface area contributed by atoms with Crippen molar-refractivity contribution in [2.24, 2.45) is 0 Å². The van der Waals surface area contributed by atoms with Crippen LogP contribution in [0.5, 0.6) is 5.75 Å². The van der Waals surface area contributed by atoms with E-state index in [4.69, 9.17) is 14.6 Å². The van der Waals surface area contributed by atoms with Crippen molar-refractivity contribution in [2.45, 2.75) is 26.3 Å². The number of esters is 1. The van der Waals surface area contributed by atoms with Gasteiger partial charge in [-0.3, -0.25) is 4.79 Å². The van der Waals surface area contributed by atoms with E-state index >= 15 is 0 Å². The van der Waals surface area contributed by atoms with Gasteiger partial charge >= 0.3 is 5.97 Å². The molecule has 0 aliphatic rings. The number of likely N-dealkylation sites (N-methyl/N-ethyl adjacent to an activating group) is 1. The van der Waals surface area contributed by atoms with Crippen LogP contribution in [0.4, 0.5) is 0 Å². The molecule has 0 aliphatic carbocycles. The Hall–Kier alpha value is -1.59. The lowest BCUT2D eigenvalue weighted by Gasteiger charge is -2.18. The van der Waals surface area contributed by atoms with Crippen molar-refractivity contribution in [3.05, 3.63) is 29.8 Å². The van der Waals surface area contributed by atoms with Crippen molar-refractivity contribution in [3.63, 3.8) is 0 Å². The quantitative estimate of drug-likeness (QED) is 0.664. The van der Waals surface area contributed by atoms with E-state index in [9.17, 15) is 4.79 Å². The molecule has 0 fully saturated rings. The molecule has 0 saturated heterocycles. The Morgan fingerprint density at radius 1 is 1.35 bits per heavy atom. The summed E-state index contributed by atoms with van der Waals surface area (Å²) in [5.41, 5.74) is 0.925. The zero-order valence-corrected chi connectivity index (χ0v) is 12.1. The average Bonchev–Trinajstić information content (AvgIpc) is 2.45. The Balaban J connectivity index is 2.64. The van der Waals surface area contributed by atoms with Gasteiger partial charge in [-0.25, -0.2) is 0 Å². The van der Waals surface area contributed by atoms with Gasteiger partial charge in [0.25, 0.3) is 0 Å². The molecule has 0 saturated carbocycles. The first-order chi connectivity index (χ1) is 9.72. The molecule has 1 atom stereocenters. The maximum absolute atomic E-state index is 11.8. The Morgan fingerprint density at radius 3 is 2.75 bits per heavy atom. The summed E-state index contributed by atoms with van der Waals surface area (Å²) in [5, 5.41) is 12.1. The van der Waals surface area contributed by atoms with Crippen molar-refractivity contribution >= 4 is 5.97 Å². The summed E-state index contributed by atoms with van der Waals surface area (Å²) in [7, 11) is 0. The molecule has 0 spiro atoms.